The molecule has 26 heavy (non-hydrogen) atoms. The largest absolute Gasteiger partial charge is 0.489 e. The van der Waals surface area contributed by atoms with Gasteiger partial charge in [0.15, 0.2) is 0 Å². The number of hydrogen-bond donors (Lipinski definition) is 1. The number of aliphatic imine (C=N–C) groups is 1. The topological polar surface area (TPSA) is 47.6 Å². The van der Waals surface area contributed by atoms with Crippen LogP contribution in [0.3, 0.4) is 0 Å². The van der Waals surface area contributed by atoms with E-state index >= 15 is 0 Å². The molecule has 1 unspecified atom stereocenters. The Morgan fingerprint density at radius 3 is 2.46 bits per heavy atom. The van der Waals surface area contributed by atoms with E-state index in [9.17, 15) is 0 Å². The first kappa shape index (κ1) is 20.0. The van der Waals surface area contributed by atoms with Crippen LogP contribution in [0.15, 0.2) is 47.5 Å². The predicted octanol–water partition coefficient (Wildman–Crippen LogP) is 4.97. The maximum Gasteiger partial charge on any atom is 0.120 e. The van der Waals surface area contributed by atoms with E-state index in [1.807, 2.05) is 19.1 Å². The Balaban J connectivity index is 1.93. The van der Waals surface area contributed by atoms with Gasteiger partial charge in [-0.1, -0.05) is 51.1 Å². The van der Waals surface area contributed by atoms with Crippen LogP contribution < -0.4 is 10.5 Å². The highest BCUT2D eigenvalue weighted by molar-refractivity contribution is 5.82. The van der Waals surface area contributed by atoms with Crippen LogP contribution in [-0.2, 0) is 11.8 Å². The molecule has 3 nitrogen and oxygen atoms in total. The Morgan fingerprint density at radius 1 is 1.08 bits per heavy atom. The number of nitrogens with zero attached hydrogens (tertiary/aromatic N) is 1. The number of benzene rings is 2. The summed E-state index contributed by atoms with van der Waals surface area (Å²) in [6, 6.07) is 14.7. The summed E-state index contributed by atoms with van der Waals surface area (Å²) in [5.41, 5.74) is 11.3. The second-order valence-electron chi connectivity index (χ2n) is 8.13. The molecule has 0 fully saturated rings. The summed E-state index contributed by atoms with van der Waals surface area (Å²) in [7, 11) is 0. The van der Waals surface area contributed by atoms with Crippen molar-refractivity contribution < 1.29 is 4.74 Å². The Morgan fingerprint density at radius 2 is 1.81 bits per heavy atom. The normalized spacial score (nSPS) is 13.5. The monoisotopic (exact) mass is 352 g/mol. The van der Waals surface area contributed by atoms with Crippen LogP contribution in [0.4, 0.5) is 0 Å². The van der Waals surface area contributed by atoms with Gasteiger partial charge in [0.25, 0.3) is 0 Å². The standard InChI is InChI=1S/C23H32N2O/c1-16-10-11-19(12-17(16)2)13-22(24)25-15-18(3)26-21-9-7-8-20(14-21)23(4,5)6/h7-12,14,18H,13,15H2,1-6H3,(H2,24,25). The lowest BCUT2D eigenvalue weighted by atomic mass is 9.87. The smallest absolute Gasteiger partial charge is 0.120 e. The van der Waals surface area contributed by atoms with Crippen molar-refractivity contribution in [3.8, 4) is 5.75 Å². The highest BCUT2D eigenvalue weighted by Gasteiger charge is 2.14. The molecule has 3 heteroatoms. The number of hydrogen-bond acceptors (Lipinski definition) is 2. The molecule has 2 aromatic carbocycles. The zero-order valence-corrected chi connectivity index (χ0v) is 17.0. The van der Waals surface area contributed by atoms with Gasteiger partial charge in [-0.3, -0.25) is 4.99 Å². The van der Waals surface area contributed by atoms with E-state index in [1.54, 1.807) is 0 Å². The molecule has 0 radical (unpaired) electrons. The summed E-state index contributed by atoms with van der Waals surface area (Å²) in [4.78, 5) is 4.51. The van der Waals surface area contributed by atoms with Crippen LogP contribution in [0, 0.1) is 13.8 Å². The van der Waals surface area contributed by atoms with Crippen molar-refractivity contribution in [3.63, 3.8) is 0 Å². The fourth-order valence-corrected chi connectivity index (χ4v) is 2.73. The van der Waals surface area contributed by atoms with Crippen molar-refractivity contribution in [1.29, 1.82) is 0 Å². The molecular formula is C23H32N2O. The number of rotatable bonds is 6. The zero-order chi connectivity index (χ0) is 19.3. The highest BCUT2D eigenvalue weighted by Crippen LogP contribution is 2.26. The summed E-state index contributed by atoms with van der Waals surface area (Å²) >= 11 is 0. The minimum Gasteiger partial charge on any atom is -0.489 e. The Kier molecular flexibility index (Phi) is 6.47. The average Bonchev–Trinajstić information content (AvgIpc) is 2.56. The third-order valence-corrected chi connectivity index (χ3v) is 4.55. The van der Waals surface area contributed by atoms with Gasteiger partial charge in [-0.25, -0.2) is 0 Å². The summed E-state index contributed by atoms with van der Waals surface area (Å²) < 4.78 is 6.02. The molecule has 0 aliphatic carbocycles. The SMILES string of the molecule is Cc1ccc(CC(N)=NCC(C)Oc2cccc(C(C)(C)C)c2)cc1C. The number of ether oxygens (including phenoxy) is 1. The lowest BCUT2D eigenvalue weighted by Gasteiger charge is -2.21. The second-order valence-corrected chi connectivity index (χ2v) is 8.13. The van der Waals surface area contributed by atoms with Gasteiger partial charge in [-0.05, 0) is 60.6 Å². The van der Waals surface area contributed by atoms with Crippen LogP contribution in [0.1, 0.15) is 49.9 Å². The molecule has 0 spiro atoms. The van der Waals surface area contributed by atoms with Crippen molar-refractivity contribution in [2.75, 3.05) is 6.54 Å². The van der Waals surface area contributed by atoms with Crippen molar-refractivity contribution in [1.82, 2.24) is 0 Å². The molecule has 2 rings (SSSR count). The third kappa shape index (κ3) is 5.91. The Labute approximate surface area is 158 Å². The third-order valence-electron chi connectivity index (χ3n) is 4.55. The van der Waals surface area contributed by atoms with Crippen LogP contribution in [0.5, 0.6) is 5.75 Å². The maximum atomic E-state index is 6.11. The van der Waals surface area contributed by atoms with Crippen LogP contribution in [-0.4, -0.2) is 18.5 Å². The number of amidine groups is 1. The number of nitrogens with two attached hydrogens (primary N) is 1. The van der Waals surface area contributed by atoms with Gasteiger partial charge in [0, 0.05) is 6.42 Å². The van der Waals surface area contributed by atoms with E-state index in [0.717, 1.165) is 5.75 Å². The van der Waals surface area contributed by atoms with E-state index in [1.165, 1.54) is 22.3 Å². The molecular weight excluding hydrogens is 320 g/mol. The summed E-state index contributed by atoms with van der Waals surface area (Å²) in [6.07, 6.45) is 0.649. The first-order chi connectivity index (χ1) is 12.1. The Hall–Kier alpha value is -2.29. The molecule has 0 bridgehead atoms. The predicted molar refractivity (Wildman–Crippen MR) is 111 cm³/mol. The van der Waals surface area contributed by atoms with Crippen molar-refractivity contribution >= 4 is 5.84 Å². The van der Waals surface area contributed by atoms with Crippen LogP contribution in [0.2, 0.25) is 0 Å². The van der Waals surface area contributed by atoms with Crippen LogP contribution in [0.25, 0.3) is 0 Å². The van der Waals surface area contributed by atoms with E-state index in [4.69, 9.17) is 10.5 Å². The van der Waals surface area contributed by atoms with Gasteiger partial charge >= 0.3 is 0 Å². The molecule has 0 saturated heterocycles. The molecule has 0 amide bonds. The minimum absolute atomic E-state index is 0.0245. The molecule has 2 N–H and O–H groups in total. The molecule has 0 saturated carbocycles. The summed E-state index contributed by atoms with van der Waals surface area (Å²) in [6.45, 7) is 13.4. The van der Waals surface area contributed by atoms with Crippen molar-refractivity contribution in [2.45, 2.75) is 59.5 Å². The van der Waals surface area contributed by atoms with Crippen molar-refractivity contribution in [3.05, 3.63) is 64.7 Å². The average molecular weight is 353 g/mol. The van der Waals surface area contributed by atoms with Gasteiger partial charge in [0.1, 0.15) is 11.9 Å². The van der Waals surface area contributed by atoms with Crippen molar-refractivity contribution in [2.24, 2.45) is 10.7 Å². The van der Waals surface area contributed by atoms with Gasteiger partial charge in [0.05, 0.1) is 12.4 Å². The molecule has 0 heterocycles. The fraction of sp³-hybridized carbons (Fsp3) is 0.435. The van der Waals surface area contributed by atoms with Gasteiger partial charge in [0.2, 0.25) is 0 Å². The maximum absolute atomic E-state index is 6.11. The molecule has 1 atom stereocenters. The van der Waals surface area contributed by atoms with E-state index in [-0.39, 0.29) is 11.5 Å². The van der Waals surface area contributed by atoms with Gasteiger partial charge < -0.3 is 10.5 Å². The second kappa shape index (κ2) is 8.39. The quantitative estimate of drug-likeness (QED) is 0.589. The molecule has 2 aromatic rings. The van der Waals surface area contributed by atoms with Crippen LogP contribution >= 0.6 is 0 Å². The first-order valence-electron chi connectivity index (χ1n) is 9.27. The fourth-order valence-electron chi connectivity index (χ4n) is 2.73. The number of aryl methyl sites for hydroxylation is 2. The summed E-state index contributed by atoms with van der Waals surface area (Å²) in [5.74, 6) is 1.53. The van der Waals surface area contributed by atoms with E-state index in [0.29, 0.717) is 18.8 Å². The minimum atomic E-state index is -0.0245. The lowest BCUT2D eigenvalue weighted by molar-refractivity contribution is 0.230. The lowest BCUT2D eigenvalue weighted by Crippen LogP contribution is -2.21. The molecule has 0 aromatic heterocycles. The van der Waals surface area contributed by atoms with E-state index in [2.05, 4.69) is 69.9 Å². The Bertz CT molecular complexity index is 772. The molecule has 140 valence electrons. The summed E-state index contributed by atoms with van der Waals surface area (Å²) in [5, 5.41) is 0. The van der Waals surface area contributed by atoms with Gasteiger partial charge in [-0.15, -0.1) is 0 Å². The highest BCUT2D eigenvalue weighted by atomic mass is 16.5. The molecule has 0 aliphatic rings. The first-order valence-corrected chi connectivity index (χ1v) is 9.27. The van der Waals surface area contributed by atoms with Gasteiger partial charge in [-0.2, -0.15) is 0 Å². The zero-order valence-electron chi connectivity index (χ0n) is 17.0. The molecule has 0 aliphatic heterocycles. The van der Waals surface area contributed by atoms with E-state index < -0.39 is 0 Å².